The number of hydrogen-bond acceptors (Lipinski definition) is 5. The Kier molecular flexibility index (Phi) is 5.91. The normalized spacial score (nSPS) is 12.0. The van der Waals surface area contributed by atoms with Crippen LogP contribution in [-0.4, -0.2) is 16.1 Å². The highest BCUT2D eigenvalue weighted by molar-refractivity contribution is 6.29. The summed E-state index contributed by atoms with van der Waals surface area (Å²) in [5.41, 5.74) is 2.01. The summed E-state index contributed by atoms with van der Waals surface area (Å²) in [6.45, 7) is 5.26. The van der Waals surface area contributed by atoms with Crippen molar-refractivity contribution in [2.45, 2.75) is 26.8 Å². The third kappa shape index (κ3) is 4.19. The Morgan fingerprint density at radius 3 is 2.61 bits per heavy atom. The van der Waals surface area contributed by atoms with E-state index < -0.39 is 17.8 Å². The molecule has 0 aliphatic rings. The average Bonchev–Trinajstić information content (AvgIpc) is 2.77. The molecule has 2 aromatic heterocycles. The van der Waals surface area contributed by atoms with Crippen molar-refractivity contribution in [2.24, 2.45) is 0 Å². The Hall–Kier alpha value is -3.71. The Balaban J connectivity index is 1.90. The standard InChI is InChI=1S/C25H20ClFN2O4/c1-12-10-16(14(3)28-19-8-9-20(26)29-21(19)25(31)32)24-17(11-12)22(30)13(2)23(33-24)15-6-4-5-7-18(15)27/h4-11,14,28H,1-3H3,(H,31,32)/t14-/m1/s1. The molecule has 6 nitrogen and oxygen atoms in total. The number of rotatable bonds is 5. The van der Waals surface area contributed by atoms with Gasteiger partial charge in [0, 0.05) is 11.1 Å². The van der Waals surface area contributed by atoms with E-state index in [0.29, 0.717) is 22.1 Å². The molecule has 0 amide bonds. The summed E-state index contributed by atoms with van der Waals surface area (Å²) in [5, 5.41) is 13.0. The van der Waals surface area contributed by atoms with Crippen LogP contribution in [0.1, 0.15) is 40.1 Å². The number of aromatic carboxylic acids is 1. The van der Waals surface area contributed by atoms with Gasteiger partial charge in [0.1, 0.15) is 22.3 Å². The SMILES string of the molecule is Cc1cc([C@@H](C)Nc2ccc(Cl)nc2C(=O)O)c2oc(-c3ccccc3F)c(C)c(=O)c2c1. The zero-order valence-corrected chi connectivity index (χ0v) is 18.8. The van der Waals surface area contributed by atoms with E-state index in [4.69, 9.17) is 16.0 Å². The fourth-order valence-electron chi connectivity index (χ4n) is 3.82. The van der Waals surface area contributed by atoms with Gasteiger partial charge < -0.3 is 14.8 Å². The van der Waals surface area contributed by atoms with Crippen molar-refractivity contribution in [1.29, 1.82) is 0 Å². The molecule has 8 heteroatoms. The van der Waals surface area contributed by atoms with Gasteiger partial charge in [-0.1, -0.05) is 29.8 Å². The van der Waals surface area contributed by atoms with Crippen LogP contribution in [-0.2, 0) is 0 Å². The predicted molar refractivity (Wildman–Crippen MR) is 126 cm³/mol. The molecule has 2 N–H and O–H groups in total. The maximum Gasteiger partial charge on any atom is 0.356 e. The van der Waals surface area contributed by atoms with Crippen molar-refractivity contribution in [3.8, 4) is 11.3 Å². The van der Waals surface area contributed by atoms with Gasteiger partial charge in [-0.05, 0) is 56.7 Å². The second kappa shape index (κ2) is 8.67. The maximum absolute atomic E-state index is 14.5. The van der Waals surface area contributed by atoms with E-state index in [2.05, 4.69) is 10.3 Å². The van der Waals surface area contributed by atoms with Gasteiger partial charge in [0.15, 0.2) is 11.1 Å². The maximum atomic E-state index is 14.5. The van der Waals surface area contributed by atoms with Gasteiger partial charge in [-0.2, -0.15) is 0 Å². The highest BCUT2D eigenvalue weighted by Crippen LogP contribution is 2.33. The second-order valence-corrected chi connectivity index (χ2v) is 8.18. The molecule has 4 aromatic rings. The van der Waals surface area contributed by atoms with E-state index in [9.17, 15) is 19.1 Å². The van der Waals surface area contributed by atoms with Gasteiger partial charge in [-0.3, -0.25) is 4.79 Å². The number of carboxylic acid groups (broad SMARTS) is 1. The van der Waals surface area contributed by atoms with E-state index >= 15 is 0 Å². The molecular weight excluding hydrogens is 447 g/mol. The van der Waals surface area contributed by atoms with E-state index in [-0.39, 0.29) is 33.3 Å². The minimum Gasteiger partial charge on any atom is -0.476 e. The zero-order valence-electron chi connectivity index (χ0n) is 18.1. The molecule has 0 aliphatic carbocycles. The smallest absolute Gasteiger partial charge is 0.356 e. The molecule has 0 saturated carbocycles. The van der Waals surface area contributed by atoms with E-state index in [0.717, 1.165) is 5.56 Å². The highest BCUT2D eigenvalue weighted by Gasteiger charge is 2.22. The summed E-state index contributed by atoms with van der Waals surface area (Å²) in [6, 6.07) is 12.2. The lowest BCUT2D eigenvalue weighted by Gasteiger charge is -2.19. The molecule has 168 valence electrons. The monoisotopic (exact) mass is 466 g/mol. The largest absolute Gasteiger partial charge is 0.476 e. The van der Waals surface area contributed by atoms with Crippen LogP contribution < -0.4 is 10.7 Å². The number of carbonyl (C=O) groups is 1. The predicted octanol–water partition coefficient (Wildman–Crippen LogP) is 6.14. The Morgan fingerprint density at radius 2 is 1.91 bits per heavy atom. The topological polar surface area (TPSA) is 92.4 Å². The number of nitrogens with one attached hydrogen (secondary N) is 1. The number of carboxylic acids is 1. The van der Waals surface area contributed by atoms with Crippen molar-refractivity contribution < 1.29 is 18.7 Å². The molecule has 0 unspecified atom stereocenters. The molecule has 0 fully saturated rings. The first kappa shape index (κ1) is 22.5. The number of fused-ring (bicyclic) bond motifs is 1. The van der Waals surface area contributed by atoms with Crippen LogP contribution in [0, 0.1) is 19.7 Å². The Morgan fingerprint density at radius 1 is 1.18 bits per heavy atom. The quantitative estimate of drug-likeness (QED) is 0.343. The molecule has 33 heavy (non-hydrogen) atoms. The number of pyridine rings is 1. The molecule has 2 aromatic carbocycles. The summed E-state index contributed by atoms with van der Waals surface area (Å²) in [7, 11) is 0. The molecule has 2 heterocycles. The third-order valence-corrected chi connectivity index (χ3v) is 5.62. The van der Waals surface area contributed by atoms with E-state index in [1.54, 1.807) is 38.1 Å². The lowest BCUT2D eigenvalue weighted by molar-refractivity contribution is 0.0691. The molecule has 0 aliphatic heterocycles. The molecular formula is C25H20ClFN2O4. The number of anilines is 1. The first-order valence-electron chi connectivity index (χ1n) is 10.2. The van der Waals surface area contributed by atoms with Crippen molar-refractivity contribution in [3.05, 3.63) is 92.1 Å². The van der Waals surface area contributed by atoms with Crippen molar-refractivity contribution >= 4 is 34.2 Å². The van der Waals surface area contributed by atoms with Crippen LogP contribution in [0.5, 0.6) is 0 Å². The molecule has 0 radical (unpaired) electrons. The molecule has 0 spiro atoms. The summed E-state index contributed by atoms with van der Waals surface area (Å²) < 4.78 is 20.7. The number of nitrogens with zero attached hydrogens (tertiary/aromatic N) is 1. The van der Waals surface area contributed by atoms with Crippen molar-refractivity contribution in [1.82, 2.24) is 4.98 Å². The van der Waals surface area contributed by atoms with Crippen LogP contribution >= 0.6 is 11.6 Å². The van der Waals surface area contributed by atoms with Crippen LogP contribution in [0.3, 0.4) is 0 Å². The zero-order chi connectivity index (χ0) is 23.9. The Labute approximate surface area is 193 Å². The number of benzene rings is 2. The van der Waals surface area contributed by atoms with Gasteiger partial charge >= 0.3 is 5.97 Å². The number of aromatic nitrogens is 1. The molecule has 4 rings (SSSR count). The highest BCUT2D eigenvalue weighted by atomic mass is 35.5. The average molecular weight is 467 g/mol. The van der Waals surface area contributed by atoms with E-state index in [1.165, 1.54) is 18.2 Å². The number of halogens is 2. The third-order valence-electron chi connectivity index (χ3n) is 5.41. The van der Waals surface area contributed by atoms with Gasteiger partial charge in [-0.15, -0.1) is 0 Å². The summed E-state index contributed by atoms with van der Waals surface area (Å²) in [6.07, 6.45) is 0. The summed E-state index contributed by atoms with van der Waals surface area (Å²) in [4.78, 5) is 28.7. The van der Waals surface area contributed by atoms with Gasteiger partial charge in [0.2, 0.25) is 0 Å². The minimum absolute atomic E-state index is 0.0580. The molecule has 0 bridgehead atoms. The lowest BCUT2D eigenvalue weighted by atomic mass is 9.98. The molecule has 1 atom stereocenters. The van der Waals surface area contributed by atoms with Crippen LogP contribution in [0.4, 0.5) is 10.1 Å². The van der Waals surface area contributed by atoms with Gasteiger partial charge in [-0.25, -0.2) is 14.2 Å². The summed E-state index contributed by atoms with van der Waals surface area (Å²) >= 11 is 5.85. The van der Waals surface area contributed by atoms with Crippen molar-refractivity contribution in [2.75, 3.05) is 5.32 Å². The van der Waals surface area contributed by atoms with Gasteiger partial charge in [0.05, 0.1) is 22.7 Å². The second-order valence-electron chi connectivity index (χ2n) is 7.80. The fraction of sp³-hybridized carbons (Fsp3) is 0.160. The van der Waals surface area contributed by atoms with Gasteiger partial charge in [0.25, 0.3) is 0 Å². The van der Waals surface area contributed by atoms with Crippen LogP contribution in [0.25, 0.3) is 22.3 Å². The summed E-state index contributed by atoms with van der Waals surface area (Å²) in [5.74, 6) is -1.58. The van der Waals surface area contributed by atoms with Crippen LogP contribution in [0.2, 0.25) is 5.15 Å². The Bertz CT molecular complexity index is 1470. The van der Waals surface area contributed by atoms with Crippen LogP contribution in [0.15, 0.2) is 57.7 Å². The first-order chi connectivity index (χ1) is 15.7. The molecule has 0 saturated heterocycles. The number of hydrogen-bond donors (Lipinski definition) is 2. The number of aryl methyl sites for hydroxylation is 1. The minimum atomic E-state index is -1.23. The lowest BCUT2D eigenvalue weighted by Crippen LogP contribution is -2.14. The van der Waals surface area contributed by atoms with Crippen molar-refractivity contribution in [3.63, 3.8) is 0 Å². The fourth-order valence-corrected chi connectivity index (χ4v) is 3.96. The van der Waals surface area contributed by atoms with E-state index in [1.807, 2.05) is 13.0 Å². The first-order valence-corrected chi connectivity index (χ1v) is 10.5.